The van der Waals surface area contributed by atoms with Crippen LogP contribution in [0.5, 0.6) is 0 Å². The third-order valence-corrected chi connectivity index (χ3v) is 1.61. The predicted octanol–water partition coefficient (Wildman–Crippen LogP) is 0.889. The Labute approximate surface area is 71.2 Å². The van der Waals surface area contributed by atoms with Crippen LogP contribution in [0.1, 0.15) is 10.5 Å². The highest BCUT2D eigenvalue weighted by Gasteiger charge is 2.04. The van der Waals surface area contributed by atoms with Gasteiger partial charge < -0.3 is 4.98 Å². The molecular weight excluding hydrogens is 191 g/mol. The number of aldehydes is 1. The van der Waals surface area contributed by atoms with E-state index in [1.54, 1.807) is 0 Å². The number of rotatable bonds is 1. The molecule has 0 radical (unpaired) electrons. The van der Waals surface area contributed by atoms with E-state index in [0.29, 0.717) is 6.29 Å². The highest BCUT2D eigenvalue weighted by molar-refractivity contribution is 6.40. The fraction of sp³-hybridized carbons (Fsp3) is 0. The topological polar surface area (TPSA) is 62.8 Å². The summed E-state index contributed by atoms with van der Waals surface area (Å²) in [6, 6.07) is 0. The number of nitrogens with zero attached hydrogens (tertiary/aromatic N) is 1. The lowest BCUT2D eigenvalue weighted by Gasteiger charge is -1.93. The minimum absolute atomic E-state index is 0.0673. The van der Waals surface area contributed by atoms with Crippen LogP contribution in [-0.2, 0) is 0 Å². The molecule has 0 unspecified atom stereocenters. The van der Waals surface area contributed by atoms with Crippen molar-refractivity contribution in [3.8, 4) is 0 Å². The maximum Gasteiger partial charge on any atom is 0.278 e. The lowest BCUT2D eigenvalue weighted by Crippen LogP contribution is -2.14. The molecule has 0 fully saturated rings. The highest BCUT2D eigenvalue weighted by Crippen LogP contribution is 2.12. The molecule has 0 aromatic carbocycles. The van der Waals surface area contributed by atoms with Crippen LogP contribution in [0.15, 0.2) is 4.79 Å². The molecule has 0 spiro atoms. The average molecular weight is 193 g/mol. The van der Waals surface area contributed by atoms with Crippen LogP contribution in [0.4, 0.5) is 0 Å². The number of hydrogen-bond donors (Lipinski definition) is 1. The van der Waals surface area contributed by atoms with E-state index in [1.165, 1.54) is 0 Å². The zero-order chi connectivity index (χ0) is 8.43. The maximum absolute atomic E-state index is 10.7. The lowest BCUT2D eigenvalue weighted by atomic mass is 10.5. The monoisotopic (exact) mass is 192 g/mol. The van der Waals surface area contributed by atoms with Crippen molar-refractivity contribution in [2.24, 2.45) is 0 Å². The smallest absolute Gasteiger partial charge is 0.278 e. The van der Waals surface area contributed by atoms with Gasteiger partial charge in [0.15, 0.2) is 17.1 Å². The minimum Gasteiger partial charge on any atom is -0.308 e. The van der Waals surface area contributed by atoms with Crippen LogP contribution in [0.3, 0.4) is 0 Å². The Kier molecular flexibility index (Phi) is 2.26. The zero-order valence-corrected chi connectivity index (χ0v) is 6.61. The van der Waals surface area contributed by atoms with Gasteiger partial charge in [-0.1, -0.05) is 23.2 Å². The number of halogens is 2. The standard InChI is InChI=1S/C5H2Cl2N2O2/c6-3-4(7)9-5(11)2(1-10)8-3/h1H,(H,9,11). The van der Waals surface area contributed by atoms with Gasteiger partial charge >= 0.3 is 0 Å². The van der Waals surface area contributed by atoms with E-state index >= 15 is 0 Å². The third-order valence-electron chi connectivity index (χ3n) is 0.967. The summed E-state index contributed by atoms with van der Waals surface area (Å²) in [5.41, 5.74) is -0.922. The molecule has 11 heavy (non-hydrogen) atoms. The molecule has 1 heterocycles. The molecule has 1 N–H and O–H groups in total. The molecule has 0 aliphatic heterocycles. The van der Waals surface area contributed by atoms with Gasteiger partial charge in [0.05, 0.1) is 0 Å². The fourth-order valence-corrected chi connectivity index (χ4v) is 0.767. The van der Waals surface area contributed by atoms with Crippen LogP contribution in [0.25, 0.3) is 0 Å². The van der Waals surface area contributed by atoms with E-state index in [9.17, 15) is 9.59 Å². The first kappa shape index (κ1) is 8.23. The van der Waals surface area contributed by atoms with Crippen molar-refractivity contribution in [1.82, 2.24) is 9.97 Å². The predicted molar refractivity (Wildman–Crippen MR) is 40.3 cm³/mol. The van der Waals surface area contributed by atoms with Gasteiger partial charge in [0, 0.05) is 0 Å². The molecule has 1 rings (SSSR count). The molecule has 1 aromatic rings. The SMILES string of the molecule is O=Cc1nc(Cl)c(Cl)[nH]c1=O. The fourth-order valence-electron chi connectivity index (χ4n) is 0.501. The largest absolute Gasteiger partial charge is 0.308 e. The van der Waals surface area contributed by atoms with E-state index in [2.05, 4.69) is 9.97 Å². The van der Waals surface area contributed by atoms with Gasteiger partial charge in [0.1, 0.15) is 5.15 Å². The molecule has 4 nitrogen and oxygen atoms in total. The normalized spacial score (nSPS) is 9.64. The summed E-state index contributed by atoms with van der Waals surface area (Å²) in [6.07, 6.45) is 0.307. The summed E-state index contributed by atoms with van der Waals surface area (Å²) in [6.45, 7) is 0. The number of aromatic amines is 1. The quantitative estimate of drug-likeness (QED) is 0.673. The van der Waals surface area contributed by atoms with Gasteiger partial charge in [0.2, 0.25) is 0 Å². The Hall–Kier alpha value is -0.870. The Balaban J connectivity index is 3.44. The van der Waals surface area contributed by atoms with Crippen LogP contribution in [-0.4, -0.2) is 16.3 Å². The van der Waals surface area contributed by atoms with Gasteiger partial charge in [-0.3, -0.25) is 9.59 Å². The summed E-state index contributed by atoms with van der Waals surface area (Å²) in [5, 5.41) is -0.157. The molecule has 58 valence electrons. The van der Waals surface area contributed by atoms with E-state index in [0.717, 1.165) is 0 Å². The Bertz CT molecular complexity index is 347. The van der Waals surface area contributed by atoms with E-state index in [-0.39, 0.29) is 16.0 Å². The van der Waals surface area contributed by atoms with Crippen molar-refractivity contribution in [1.29, 1.82) is 0 Å². The Morgan fingerprint density at radius 2 is 2.09 bits per heavy atom. The molecule has 0 aliphatic rings. The summed E-state index contributed by atoms with van der Waals surface area (Å²) in [4.78, 5) is 26.4. The van der Waals surface area contributed by atoms with Crippen molar-refractivity contribution in [2.45, 2.75) is 0 Å². The summed E-state index contributed by atoms with van der Waals surface area (Å²) >= 11 is 10.8. The van der Waals surface area contributed by atoms with E-state index in [1.807, 2.05) is 0 Å². The minimum atomic E-state index is -0.644. The van der Waals surface area contributed by atoms with Crippen molar-refractivity contribution in [3.63, 3.8) is 0 Å². The molecule has 0 saturated carbocycles. The summed E-state index contributed by atoms with van der Waals surface area (Å²) in [5.74, 6) is 0. The average Bonchev–Trinajstić information content (AvgIpc) is 1.97. The van der Waals surface area contributed by atoms with Crippen LogP contribution in [0.2, 0.25) is 10.3 Å². The molecule has 0 atom stereocenters. The molecule has 0 amide bonds. The lowest BCUT2D eigenvalue weighted by molar-refractivity contribution is 0.111. The first-order valence-corrected chi connectivity index (χ1v) is 3.31. The third kappa shape index (κ3) is 1.58. The van der Waals surface area contributed by atoms with Crippen molar-refractivity contribution in [2.75, 3.05) is 0 Å². The van der Waals surface area contributed by atoms with Gasteiger partial charge in [0.25, 0.3) is 5.56 Å². The van der Waals surface area contributed by atoms with Crippen molar-refractivity contribution >= 4 is 29.5 Å². The molecular formula is C5H2Cl2N2O2. The van der Waals surface area contributed by atoms with Crippen LogP contribution < -0.4 is 5.56 Å². The first-order valence-electron chi connectivity index (χ1n) is 2.55. The van der Waals surface area contributed by atoms with E-state index in [4.69, 9.17) is 23.2 Å². The Morgan fingerprint density at radius 1 is 1.45 bits per heavy atom. The van der Waals surface area contributed by atoms with Gasteiger partial charge in [-0.25, -0.2) is 4.98 Å². The number of nitrogens with one attached hydrogen (secondary N) is 1. The molecule has 6 heteroatoms. The number of carbonyl (C=O) groups excluding carboxylic acids is 1. The highest BCUT2D eigenvalue weighted by atomic mass is 35.5. The van der Waals surface area contributed by atoms with Crippen molar-refractivity contribution < 1.29 is 4.79 Å². The Morgan fingerprint density at radius 3 is 2.64 bits per heavy atom. The summed E-state index contributed by atoms with van der Waals surface area (Å²) < 4.78 is 0. The number of aromatic nitrogens is 2. The van der Waals surface area contributed by atoms with Crippen LogP contribution in [0, 0.1) is 0 Å². The molecule has 1 aromatic heterocycles. The van der Waals surface area contributed by atoms with Gasteiger partial charge in [-0.2, -0.15) is 0 Å². The molecule has 0 saturated heterocycles. The van der Waals surface area contributed by atoms with E-state index < -0.39 is 5.56 Å². The second kappa shape index (κ2) is 3.02. The number of carbonyl (C=O) groups is 1. The first-order chi connectivity index (χ1) is 5.15. The van der Waals surface area contributed by atoms with Crippen molar-refractivity contribution in [3.05, 3.63) is 26.4 Å². The van der Waals surface area contributed by atoms with Crippen LogP contribution >= 0.6 is 23.2 Å². The number of H-pyrrole nitrogens is 1. The maximum atomic E-state index is 10.7. The zero-order valence-electron chi connectivity index (χ0n) is 5.10. The second-order valence-electron chi connectivity index (χ2n) is 1.67. The summed E-state index contributed by atoms with van der Waals surface area (Å²) in [7, 11) is 0. The van der Waals surface area contributed by atoms with Gasteiger partial charge in [-0.05, 0) is 0 Å². The molecule has 0 aliphatic carbocycles. The second-order valence-corrected chi connectivity index (χ2v) is 2.41. The van der Waals surface area contributed by atoms with Gasteiger partial charge in [-0.15, -0.1) is 0 Å². The number of hydrogen-bond acceptors (Lipinski definition) is 3. The molecule has 0 bridgehead atoms.